The number of hydrogen-bond donors (Lipinski definition) is 1. The van der Waals surface area contributed by atoms with Gasteiger partial charge in [0.25, 0.3) is 5.69 Å². The summed E-state index contributed by atoms with van der Waals surface area (Å²) in [6, 6.07) is 6.63. The Morgan fingerprint density at radius 2 is 2.00 bits per heavy atom. The van der Waals surface area contributed by atoms with E-state index in [1.165, 1.54) is 19.3 Å². The number of benzene rings is 1. The van der Waals surface area contributed by atoms with E-state index in [2.05, 4.69) is 24.1 Å². The van der Waals surface area contributed by atoms with Gasteiger partial charge in [0, 0.05) is 31.2 Å². The molecule has 116 valence electrons. The summed E-state index contributed by atoms with van der Waals surface area (Å²) in [6.07, 6.45) is 3.70. The van der Waals surface area contributed by atoms with Gasteiger partial charge in [-0.05, 0) is 45.2 Å². The Labute approximate surface area is 126 Å². The third-order valence-corrected chi connectivity index (χ3v) is 4.37. The van der Waals surface area contributed by atoms with Crippen LogP contribution >= 0.6 is 0 Å². The normalized spacial score (nSPS) is 23.0. The molecule has 21 heavy (non-hydrogen) atoms. The van der Waals surface area contributed by atoms with E-state index in [1.807, 2.05) is 19.1 Å². The number of piperidine rings is 1. The highest BCUT2D eigenvalue weighted by atomic mass is 16.6. The first-order valence-corrected chi connectivity index (χ1v) is 7.79. The van der Waals surface area contributed by atoms with E-state index < -0.39 is 0 Å². The first-order valence-electron chi connectivity index (χ1n) is 7.79. The van der Waals surface area contributed by atoms with Crippen molar-refractivity contribution >= 4 is 11.4 Å². The Hall–Kier alpha value is -1.62. The standard InChI is InChI=1S/C16H25N3O2/c1-4-17-15-9-8-14(10-16(15)19(20)21)11-18-12(2)6-5-7-13(18)3/h8-10,12-13,17H,4-7,11H2,1-3H3/t12-,13+. The summed E-state index contributed by atoms with van der Waals surface area (Å²) in [7, 11) is 0. The average molecular weight is 291 g/mol. The highest BCUT2D eigenvalue weighted by molar-refractivity contribution is 5.62. The molecule has 0 aliphatic carbocycles. The fourth-order valence-electron chi connectivity index (χ4n) is 3.16. The molecule has 1 N–H and O–H groups in total. The Kier molecular flexibility index (Phi) is 5.17. The van der Waals surface area contributed by atoms with Crippen molar-refractivity contribution in [3.8, 4) is 0 Å². The first kappa shape index (κ1) is 15.8. The van der Waals surface area contributed by atoms with E-state index in [4.69, 9.17) is 0 Å². The molecular formula is C16H25N3O2. The van der Waals surface area contributed by atoms with Crippen LogP contribution in [0.15, 0.2) is 18.2 Å². The molecular weight excluding hydrogens is 266 g/mol. The molecule has 0 bridgehead atoms. The lowest BCUT2D eigenvalue weighted by atomic mass is 9.96. The summed E-state index contributed by atoms with van der Waals surface area (Å²) in [4.78, 5) is 13.4. The van der Waals surface area contributed by atoms with Crippen LogP contribution in [0.1, 0.15) is 45.6 Å². The van der Waals surface area contributed by atoms with Crippen LogP contribution in [0.25, 0.3) is 0 Å². The van der Waals surface area contributed by atoms with Crippen LogP contribution in [0.2, 0.25) is 0 Å². The van der Waals surface area contributed by atoms with Crippen LogP contribution in [0.5, 0.6) is 0 Å². The molecule has 0 amide bonds. The van der Waals surface area contributed by atoms with Gasteiger partial charge in [-0.15, -0.1) is 0 Å². The minimum Gasteiger partial charge on any atom is -0.380 e. The van der Waals surface area contributed by atoms with E-state index in [0.717, 1.165) is 12.1 Å². The summed E-state index contributed by atoms with van der Waals surface area (Å²) in [6.45, 7) is 7.90. The predicted octanol–water partition coefficient (Wildman–Crippen LogP) is 3.79. The minimum atomic E-state index is -0.301. The molecule has 1 fully saturated rings. The highest BCUT2D eigenvalue weighted by Crippen LogP contribution is 2.29. The van der Waals surface area contributed by atoms with Gasteiger partial charge in [0.2, 0.25) is 0 Å². The maximum absolute atomic E-state index is 11.2. The zero-order valence-corrected chi connectivity index (χ0v) is 13.1. The van der Waals surface area contributed by atoms with Crippen molar-refractivity contribution in [1.29, 1.82) is 0 Å². The number of nitrogens with one attached hydrogen (secondary N) is 1. The van der Waals surface area contributed by atoms with Gasteiger partial charge in [-0.25, -0.2) is 0 Å². The number of likely N-dealkylation sites (tertiary alicyclic amines) is 1. The summed E-state index contributed by atoms with van der Waals surface area (Å²) in [5.74, 6) is 0. The smallest absolute Gasteiger partial charge is 0.292 e. The van der Waals surface area contributed by atoms with Gasteiger partial charge in [-0.2, -0.15) is 0 Å². The molecule has 1 aromatic carbocycles. The summed E-state index contributed by atoms with van der Waals surface area (Å²) in [5.41, 5.74) is 1.79. The SMILES string of the molecule is CCNc1ccc(CN2[C@H](C)CCC[C@@H]2C)cc1[N+](=O)[O-]. The fraction of sp³-hybridized carbons (Fsp3) is 0.625. The maximum Gasteiger partial charge on any atom is 0.292 e. The van der Waals surface area contributed by atoms with Gasteiger partial charge in [0.1, 0.15) is 5.69 Å². The molecule has 2 atom stereocenters. The van der Waals surface area contributed by atoms with Crippen molar-refractivity contribution in [2.75, 3.05) is 11.9 Å². The molecule has 0 aromatic heterocycles. The summed E-state index contributed by atoms with van der Waals surface area (Å²) in [5, 5.41) is 14.3. The Balaban J connectivity index is 2.20. The second-order valence-corrected chi connectivity index (χ2v) is 5.94. The third kappa shape index (κ3) is 3.73. The van der Waals surface area contributed by atoms with Crippen molar-refractivity contribution < 1.29 is 4.92 Å². The molecule has 0 spiro atoms. The maximum atomic E-state index is 11.2. The van der Waals surface area contributed by atoms with Crippen LogP contribution in [0.3, 0.4) is 0 Å². The fourth-order valence-corrected chi connectivity index (χ4v) is 3.16. The van der Waals surface area contributed by atoms with Crippen LogP contribution in [0, 0.1) is 10.1 Å². The number of hydrogen-bond acceptors (Lipinski definition) is 4. The molecule has 0 saturated carbocycles. The third-order valence-electron chi connectivity index (χ3n) is 4.37. The number of rotatable bonds is 5. The Morgan fingerprint density at radius 3 is 2.57 bits per heavy atom. The lowest BCUT2D eigenvalue weighted by molar-refractivity contribution is -0.384. The molecule has 1 aliphatic heterocycles. The molecule has 5 nitrogen and oxygen atoms in total. The highest BCUT2D eigenvalue weighted by Gasteiger charge is 2.25. The van der Waals surface area contributed by atoms with Gasteiger partial charge >= 0.3 is 0 Å². The van der Waals surface area contributed by atoms with Gasteiger partial charge in [-0.1, -0.05) is 12.5 Å². The van der Waals surface area contributed by atoms with Crippen molar-refractivity contribution in [2.45, 2.75) is 58.7 Å². The van der Waals surface area contributed by atoms with Crippen LogP contribution < -0.4 is 5.32 Å². The van der Waals surface area contributed by atoms with E-state index >= 15 is 0 Å². The molecule has 0 radical (unpaired) electrons. The number of nitrogens with zero attached hydrogens (tertiary/aromatic N) is 2. The second kappa shape index (κ2) is 6.89. The van der Waals surface area contributed by atoms with Crippen molar-refractivity contribution in [2.24, 2.45) is 0 Å². The average Bonchev–Trinajstić information content (AvgIpc) is 2.44. The van der Waals surface area contributed by atoms with Gasteiger partial charge in [-0.3, -0.25) is 15.0 Å². The second-order valence-electron chi connectivity index (χ2n) is 5.94. The Morgan fingerprint density at radius 1 is 1.33 bits per heavy atom. The van der Waals surface area contributed by atoms with E-state index in [1.54, 1.807) is 6.07 Å². The lowest BCUT2D eigenvalue weighted by Gasteiger charge is -2.39. The van der Waals surface area contributed by atoms with Crippen LogP contribution in [-0.2, 0) is 6.54 Å². The first-order chi connectivity index (χ1) is 10.0. The Bertz CT molecular complexity index is 494. The minimum absolute atomic E-state index is 0.173. The molecule has 5 heteroatoms. The zero-order valence-electron chi connectivity index (χ0n) is 13.1. The van der Waals surface area contributed by atoms with Gasteiger partial charge < -0.3 is 5.32 Å². The van der Waals surface area contributed by atoms with E-state index in [-0.39, 0.29) is 10.6 Å². The van der Waals surface area contributed by atoms with Crippen LogP contribution in [0.4, 0.5) is 11.4 Å². The number of anilines is 1. The van der Waals surface area contributed by atoms with E-state index in [9.17, 15) is 10.1 Å². The molecule has 1 aliphatic rings. The van der Waals surface area contributed by atoms with Gasteiger partial charge in [0.05, 0.1) is 4.92 Å². The molecule has 1 saturated heterocycles. The van der Waals surface area contributed by atoms with Crippen molar-refractivity contribution in [1.82, 2.24) is 4.90 Å². The van der Waals surface area contributed by atoms with Crippen molar-refractivity contribution in [3.05, 3.63) is 33.9 Å². The molecule has 1 aromatic rings. The lowest BCUT2D eigenvalue weighted by Crippen LogP contribution is -2.42. The summed E-state index contributed by atoms with van der Waals surface area (Å²) >= 11 is 0. The predicted molar refractivity (Wildman–Crippen MR) is 85.6 cm³/mol. The largest absolute Gasteiger partial charge is 0.380 e. The topological polar surface area (TPSA) is 58.4 Å². The molecule has 0 unspecified atom stereocenters. The monoisotopic (exact) mass is 291 g/mol. The number of nitro benzene ring substituents is 1. The van der Waals surface area contributed by atoms with Crippen LogP contribution in [-0.4, -0.2) is 28.5 Å². The molecule has 1 heterocycles. The van der Waals surface area contributed by atoms with Crippen molar-refractivity contribution in [3.63, 3.8) is 0 Å². The molecule has 2 rings (SSSR count). The zero-order chi connectivity index (χ0) is 15.4. The van der Waals surface area contributed by atoms with Gasteiger partial charge in [0.15, 0.2) is 0 Å². The summed E-state index contributed by atoms with van der Waals surface area (Å²) < 4.78 is 0. The number of nitro groups is 1. The quantitative estimate of drug-likeness (QED) is 0.662. The van der Waals surface area contributed by atoms with E-state index in [0.29, 0.717) is 24.3 Å².